The predicted molar refractivity (Wildman–Crippen MR) is 110 cm³/mol. The van der Waals surface area contributed by atoms with Crippen LogP contribution >= 0.6 is 11.3 Å². The third-order valence-electron chi connectivity index (χ3n) is 4.84. The van der Waals surface area contributed by atoms with E-state index in [1.54, 1.807) is 37.1 Å². The van der Waals surface area contributed by atoms with E-state index in [9.17, 15) is 9.18 Å². The van der Waals surface area contributed by atoms with E-state index in [0.29, 0.717) is 33.4 Å². The highest BCUT2D eigenvalue weighted by molar-refractivity contribution is 7.19. The van der Waals surface area contributed by atoms with Crippen molar-refractivity contribution >= 4 is 38.4 Å². The van der Waals surface area contributed by atoms with Gasteiger partial charge in [0.25, 0.3) is 5.56 Å². The van der Waals surface area contributed by atoms with E-state index >= 15 is 0 Å². The molecule has 0 fully saturated rings. The summed E-state index contributed by atoms with van der Waals surface area (Å²) in [7, 11) is 3.52. The highest BCUT2D eigenvalue weighted by Crippen LogP contribution is 2.31. The van der Waals surface area contributed by atoms with E-state index in [4.69, 9.17) is 0 Å². The normalized spacial score (nSPS) is 11.6. The van der Waals surface area contributed by atoms with Gasteiger partial charge in [-0.15, -0.1) is 16.4 Å². The summed E-state index contributed by atoms with van der Waals surface area (Å²) in [5.74, 6) is 0.213. The monoisotopic (exact) mass is 425 g/mol. The van der Waals surface area contributed by atoms with Gasteiger partial charge < -0.3 is 9.88 Å². The number of aromatic amines is 1. The number of rotatable bonds is 5. The van der Waals surface area contributed by atoms with E-state index in [2.05, 4.69) is 35.8 Å². The lowest BCUT2D eigenvalue weighted by molar-refractivity contribution is 0.604. The molecule has 12 heteroatoms. The Bertz CT molecular complexity index is 1430. The van der Waals surface area contributed by atoms with Crippen LogP contribution in [0, 0.1) is 5.82 Å². The van der Waals surface area contributed by atoms with Crippen molar-refractivity contribution in [3.63, 3.8) is 0 Å². The number of aryl methyl sites for hydroxylation is 1. The average Bonchev–Trinajstić information content (AvgIpc) is 3.45. The van der Waals surface area contributed by atoms with Gasteiger partial charge in [-0.3, -0.25) is 9.89 Å². The number of aromatic nitrogens is 8. The molecule has 5 aromatic heterocycles. The number of hydrogen-bond acceptors (Lipinski definition) is 8. The third-order valence-corrected chi connectivity index (χ3v) is 5.92. The fourth-order valence-corrected chi connectivity index (χ4v) is 4.48. The highest BCUT2D eigenvalue weighted by Gasteiger charge is 2.19. The van der Waals surface area contributed by atoms with E-state index < -0.39 is 0 Å². The van der Waals surface area contributed by atoms with Crippen LogP contribution in [0.3, 0.4) is 0 Å². The Kier molecular flexibility index (Phi) is 4.28. The molecule has 5 rings (SSSR count). The molecule has 0 unspecified atom stereocenters. The molecule has 0 amide bonds. The Hall–Kier alpha value is -3.67. The Balaban J connectivity index is 1.56. The maximum atomic E-state index is 14.2. The molecule has 5 aromatic rings. The molecule has 0 bridgehead atoms. The van der Waals surface area contributed by atoms with Crippen LogP contribution in [0.5, 0.6) is 0 Å². The SMILES string of the molecule is CNc1ccc(F)c(Cc2nc3c(s2)c2cnn(Cc4c[nH]nn4)c(=O)c2n3C)n1. The molecule has 0 saturated carbocycles. The van der Waals surface area contributed by atoms with Crippen LogP contribution in [-0.4, -0.2) is 46.8 Å². The van der Waals surface area contributed by atoms with Crippen LogP contribution in [0.15, 0.2) is 29.3 Å². The summed E-state index contributed by atoms with van der Waals surface area (Å²) in [6.45, 7) is 0.218. The summed E-state index contributed by atoms with van der Waals surface area (Å²) in [5, 5.41) is 18.8. The zero-order valence-electron chi connectivity index (χ0n) is 16.0. The van der Waals surface area contributed by atoms with Gasteiger partial charge in [0.2, 0.25) is 0 Å². The van der Waals surface area contributed by atoms with Crippen LogP contribution in [0.2, 0.25) is 0 Å². The zero-order valence-corrected chi connectivity index (χ0v) is 16.9. The van der Waals surface area contributed by atoms with Crippen LogP contribution in [-0.2, 0) is 20.0 Å². The van der Waals surface area contributed by atoms with Gasteiger partial charge in [0, 0.05) is 32.1 Å². The number of anilines is 1. The van der Waals surface area contributed by atoms with Gasteiger partial charge in [-0.25, -0.2) is 19.0 Å². The molecule has 0 aliphatic heterocycles. The molecule has 0 atom stereocenters. The minimum atomic E-state index is -0.379. The van der Waals surface area contributed by atoms with Gasteiger partial charge in [-0.2, -0.15) is 5.10 Å². The van der Waals surface area contributed by atoms with E-state index in [0.717, 1.165) is 10.1 Å². The van der Waals surface area contributed by atoms with Gasteiger partial charge in [0.15, 0.2) is 5.65 Å². The summed E-state index contributed by atoms with van der Waals surface area (Å²) in [6, 6.07) is 2.97. The van der Waals surface area contributed by atoms with Crippen LogP contribution < -0.4 is 10.9 Å². The maximum Gasteiger partial charge on any atom is 0.291 e. The number of fused-ring (bicyclic) bond motifs is 3. The lowest BCUT2D eigenvalue weighted by Crippen LogP contribution is -2.24. The minimum absolute atomic E-state index is 0.218. The predicted octanol–water partition coefficient (Wildman–Crippen LogP) is 1.68. The topological polar surface area (TPSA) is 119 Å². The van der Waals surface area contributed by atoms with Gasteiger partial charge in [0.05, 0.1) is 23.1 Å². The highest BCUT2D eigenvalue weighted by atomic mass is 32.1. The molecular weight excluding hydrogens is 409 g/mol. The first-order chi connectivity index (χ1) is 14.5. The second-order valence-electron chi connectivity index (χ2n) is 6.71. The number of nitrogens with zero attached hydrogens (tertiary/aromatic N) is 7. The fraction of sp³-hybridized carbons (Fsp3) is 0.222. The first-order valence-electron chi connectivity index (χ1n) is 9.07. The first-order valence-corrected chi connectivity index (χ1v) is 9.89. The second kappa shape index (κ2) is 6.99. The molecule has 2 N–H and O–H groups in total. The molecule has 5 heterocycles. The lowest BCUT2D eigenvalue weighted by Gasteiger charge is -2.04. The summed E-state index contributed by atoms with van der Waals surface area (Å²) >= 11 is 1.41. The molecule has 152 valence electrons. The Morgan fingerprint density at radius 3 is 2.93 bits per heavy atom. The largest absolute Gasteiger partial charge is 0.373 e. The fourth-order valence-electron chi connectivity index (χ4n) is 3.37. The Morgan fingerprint density at radius 2 is 2.17 bits per heavy atom. The Labute approximate surface area is 172 Å². The van der Waals surface area contributed by atoms with Crippen molar-refractivity contribution in [1.29, 1.82) is 0 Å². The van der Waals surface area contributed by atoms with Crippen molar-refractivity contribution in [2.75, 3.05) is 12.4 Å². The van der Waals surface area contributed by atoms with E-state index in [1.807, 2.05) is 0 Å². The summed E-state index contributed by atoms with van der Waals surface area (Å²) in [4.78, 5) is 21.9. The zero-order chi connectivity index (χ0) is 20.8. The second-order valence-corrected chi connectivity index (χ2v) is 7.79. The average molecular weight is 425 g/mol. The van der Waals surface area contributed by atoms with Crippen molar-refractivity contribution in [2.45, 2.75) is 13.0 Å². The minimum Gasteiger partial charge on any atom is -0.373 e. The molecule has 0 aliphatic rings. The number of H-pyrrole nitrogens is 1. The lowest BCUT2D eigenvalue weighted by atomic mass is 10.2. The number of nitrogens with one attached hydrogen (secondary N) is 2. The van der Waals surface area contributed by atoms with Crippen molar-refractivity contribution in [3.8, 4) is 0 Å². The summed E-state index contributed by atoms with van der Waals surface area (Å²) in [5.41, 5.74) is 1.86. The van der Waals surface area contributed by atoms with Crippen LogP contribution in [0.25, 0.3) is 21.3 Å². The summed E-state index contributed by atoms with van der Waals surface area (Å²) in [6.07, 6.45) is 3.53. The van der Waals surface area contributed by atoms with Gasteiger partial charge in [-0.05, 0) is 12.1 Å². The number of hydrogen-bond donors (Lipinski definition) is 2. The van der Waals surface area contributed by atoms with Gasteiger partial charge >= 0.3 is 0 Å². The molecule has 30 heavy (non-hydrogen) atoms. The third kappa shape index (κ3) is 2.92. The van der Waals surface area contributed by atoms with Gasteiger partial charge in [-0.1, -0.05) is 5.21 Å². The number of pyridine rings is 1. The van der Waals surface area contributed by atoms with Crippen molar-refractivity contribution < 1.29 is 4.39 Å². The molecular formula is C18H16FN9OS. The summed E-state index contributed by atoms with van der Waals surface area (Å²) < 4.78 is 18.1. The van der Waals surface area contributed by atoms with Crippen molar-refractivity contribution in [3.05, 3.63) is 57.1 Å². The van der Waals surface area contributed by atoms with Crippen LogP contribution in [0.1, 0.15) is 16.4 Å². The van der Waals surface area contributed by atoms with Gasteiger partial charge in [0.1, 0.15) is 27.9 Å². The molecule has 0 saturated heterocycles. The standard InChI is InChI=1S/C18H16FN9OS/c1-20-13-4-3-11(19)12(23-13)5-14-24-17-16(30-14)10-7-22-28(8-9-6-21-26-25-9)18(29)15(10)27(17)2/h3-4,6-7H,5,8H2,1-2H3,(H,20,23)(H,21,25,26). The maximum absolute atomic E-state index is 14.2. The Morgan fingerprint density at radius 1 is 1.30 bits per heavy atom. The molecule has 0 spiro atoms. The molecule has 0 aliphatic carbocycles. The van der Waals surface area contributed by atoms with Crippen LogP contribution in [0.4, 0.5) is 10.2 Å². The quantitative estimate of drug-likeness (QED) is 0.440. The molecule has 0 aromatic carbocycles. The number of halogens is 1. The van der Waals surface area contributed by atoms with E-state index in [1.165, 1.54) is 22.1 Å². The first kappa shape index (κ1) is 18.4. The number of thiazole rings is 1. The smallest absolute Gasteiger partial charge is 0.291 e. The van der Waals surface area contributed by atoms with Crippen molar-refractivity contribution in [2.24, 2.45) is 7.05 Å². The van der Waals surface area contributed by atoms with E-state index in [-0.39, 0.29) is 24.3 Å². The molecule has 10 nitrogen and oxygen atoms in total. The molecule has 0 radical (unpaired) electrons. The van der Waals surface area contributed by atoms with Crippen molar-refractivity contribution in [1.82, 2.24) is 39.7 Å².